The molecule has 2 heterocycles. The summed E-state index contributed by atoms with van der Waals surface area (Å²) in [6, 6.07) is 0. The summed E-state index contributed by atoms with van der Waals surface area (Å²) in [6.45, 7) is 0.859. The van der Waals surface area contributed by atoms with Gasteiger partial charge in [0.2, 0.25) is 0 Å². The Labute approximate surface area is 132 Å². The lowest BCUT2D eigenvalue weighted by atomic mass is 10.4. The minimum absolute atomic E-state index is 0.000666. The van der Waals surface area contributed by atoms with Crippen molar-refractivity contribution in [2.24, 2.45) is 13.0 Å². The molecular weight excluding hydrogens is 323 g/mol. The number of aromatic nitrogens is 4. The lowest BCUT2D eigenvalue weighted by Gasteiger charge is -2.09. The molecule has 124 valence electrons. The van der Waals surface area contributed by atoms with Gasteiger partial charge in [-0.15, -0.1) is 9.42 Å². The number of aryl methyl sites for hydroxylation is 1. The van der Waals surface area contributed by atoms with E-state index in [1.165, 1.54) is 4.57 Å². The van der Waals surface area contributed by atoms with Crippen LogP contribution in [0.15, 0.2) is 15.9 Å². The lowest BCUT2D eigenvalue weighted by Crippen LogP contribution is -2.40. The van der Waals surface area contributed by atoms with Crippen LogP contribution in [0.4, 0.5) is 0 Å². The Bertz CT molecular complexity index is 864. The number of hydrogen-bond donors (Lipinski definition) is 1. The van der Waals surface area contributed by atoms with Crippen molar-refractivity contribution in [3.63, 3.8) is 0 Å². The number of hydrogen-bond acceptors (Lipinski definition) is 5. The first-order valence-corrected chi connectivity index (χ1v) is 8.55. The van der Waals surface area contributed by atoms with Gasteiger partial charge in [0.1, 0.15) is 6.61 Å². The molecule has 0 aromatic carbocycles. The van der Waals surface area contributed by atoms with Gasteiger partial charge in [-0.25, -0.2) is 9.78 Å². The fourth-order valence-corrected chi connectivity index (χ4v) is 2.89. The molecule has 0 bridgehead atoms. The molecule has 1 fully saturated rings. The average Bonchev–Trinajstić information content (AvgIpc) is 3.21. The maximum Gasteiger partial charge on any atom is 0.694 e. The van der Waals surface area contributed by atoms with Crippen molar-refractivity contribution in [2.45, 2.75) is 32.4 Å². The fraction of sp³-hybridized carbons (Fsp3) is 0.615. The van der Waals surface area contributed by atoms with Crippen molar-refractivity contribution in [2.75, 3.05) is 6.61 Å². The second-order valence-corrected chi connectivity index (χ2v) is 6.47. The SMILES string of the molecule is Cn1c(=O)n(CCCO[P+](=O)O)c(=O)c2c1ncn2CC1CC1. The summed E-state index contributed by atoms with van der Waals surface area (Å²) in [4.78, 5) is 37.7. The molecule has 0 amide bonds. The first kappa shape index (κ1) is 16.0. The summed E-state index contributed by atoms with van der Waals surface area (Å²) < 4.78 is 19.3. The highest BCUT2D eigenvalue weighted by Gasteiger charge is 2.24. The van der Waals surface area contributed by atoms with Gasteiger partial charge in [0.15, 0.2) is 11.2 Å². The van der Waals surface area contributed by atoms with Crippen LogP contribution in [0.2, 0.25) is 0 Å². The number of imidazole rings is 1. The van der Waals surface area contributed by atoms with Gasteiger partial charge in [-0.05, 0) is 25.2 Å². The minimum Gasteiger partial charge on any atom is -0.324 e. The molecule has 0 aliphatic heterocycles. The molecule has 2 aromatic heterocycles. The van der Waals surface area contributed by atoms with Gasteiger partial charge in [-0.1, -0.05) is 0 Å². The molecule has 23 heavy (non-hydrogen) atoms. The Morgan fingerprint density at radius 1 is 1.43 bits per heavy atom. The molecule has 3 rings (SSSR count). The highest BCUT2D eigenvalue weighted by Crippen LogP contribution is 2.31. The normalized spacial score (nSPS) is 15.3. The maximum absolute atomic E-state index is 12.7. The average molecular weight is 341 g/mol. The standard InChI is InChI=1S/C13H17N4O5P/c1-15-11-10(16(8-14-11)7-9-3-4-9)12(18)17(13(15)19)5-2-6-22-23(20)21/h8-9H,2-7H2,1H3/p+1. The van der Waals surface area contributed by atoms with E-state index in [-0.39, 0.29) is 18.7 Å². The summed E-state index contributed by atoms with van der Waals surface area (Å²) >= 11 is 0. The third-order valence-electron chi connectivity index (χ3n) is 3.98. The van der Waals surface area contributed by atoms with Crippen LogP contribution < -0.4 is 11.2 Å². The quantitative estimate of drug-likeness (QED) is 0.575. The van der Waals surface area contributed by atoms with E-state index in [0.717, 1.165) is 24.0 Å². The molecule has 1 atom stereocenters. The van der Waals surface area contributed by atoms with E-state index in [4.69, 9.17) is 4.89 Å². The molecule has 1 aliphatic rings. The molecule has 0 spiro atoms. The van der Waals surface area contributed by atoms with E-state index in [1.807, 2.05) is 4.57 Å². The second kappa shape index (κ2) is 6.35. The third-order valence-corrected chi connectivity index (χ3v) is 4.38. The predicted octanol–water partition coefficient (Wildman–Crippen LogP) is 0.363. The molecule has 0 radical (unpaired) electrons. The van der Waals surface area contributed by atoms with Crippen LogP contribution in [0, 0.1) is 5.92 Å². The summed E-state index contributed by atoms with van der Waals surface area (Å²) in [6.07, 6.45) is 4.19. The zero-order valence-corrected chi connectivity index (χ0v) is 13.6. The van der Waals surface area contributed by atoms with Gasteiger partial charge < -0.3 is 4.57 Å². The van der Waals surface area contributed by atoms with E-state index in [0.29, 0.717) is 23.5 Å². The Morgan fingerprint density at radius 3 is 2.83 bits per heavy atom. The third kappa shape index (κ3) is 3.26. The van der Waals surface area contributed by atoms with Crippen LogP contribution >= 0.6 is 8.25 Å². The van der Waals surface area contributed by atoms with Crippen molar-refractivity contribution in [1.82, 2.24) is 18.7 Å². The topological polar surface area (TPSA) is 108 Å². The van der Waals surface area contributed by atoms with Crippen molar-refractivity contribution < 1.29 is 14.0 Å². The van der Waals surface area contributed by atoms with E-state index in [9.17, 15) is 14.2 Å². The molecule has 1 aliphatic carbocycles. The van der Waals surface area contributed by atoms with Gasteiger partial charge in [-0.2, -0.15) is 0 Å². The molecule has 0 saturated heterocycles. The Hall–Kier alpha value is -1.83. The van der Waals surface area contributed by atoms with E-state index in [2.05, 4.69) is 9.51 Å². The van der Waals surface area contributed by atoms with Crippen LogP contribution in [-0.4, -0.2) is 30.2 Å². The van der Waals surface area contributed by atoms with Crippen molar-refractivity contribution >= 4 is 19.4 Å². The lowest BCUT2D eigenvalue weighted by molar-refractivity contribution is 0.270. The molecule has 1 saturated carbocycles. The Morgan fingerprint density at radius 2 is 2.17 bits per heavy atom. The largest absolute Gasteiger partial charge is 0.694 e. The van der Waals surface area contributed by atoms with Gasteiger partial charge >= 0.3 is 13.9 Å². The van der Waals surface area contributed by atoms with Gasteiger partial charge in [0.25, 0.3) is 5.56 Å². The second-order valence-electron chi connectivity index (χ2n) is 5.74. The van der Waals surface area contributed by atoms with Crippen LogP contribution in [0.1, 0.15) is 19.3 Å². The van der Waals surface area contributed by atoms with Crippen molar-refractivity contribution in [1.29, 1.82) is 0 Å². The number of nitrogens with zero attached hydrogens (tertiary/aromatic N) is 4. The molecular formula is C13H18N4O5P+. The molecule has 2 aromatic rings. The van der Waals surface area contributed by atoms with Crippen LogP contribution in [0.5, 0.6) is 0 Å². The maximum atomic E-state index is 12.7. The monoisotopic (exact) mass is 341 g/mol. The first-order valence-electron chi connectivity index (χ1n) is 7.42. The zero-order chi connectivity index (χ0) is 16.6. The van der Waals surface area contributed by atoms with E-state index in [1.54, 1.807) is 13.4 Å². The highest BCUT2D eigenvalue weighted by molar-refractivity contribution is 7.32. The Kier molecular flexibility index (Phi) is 4.43. The number of rotatable bonds is 7. The molecule has 9 nitrogen and oxygen atoms in total. The predicted molar refractivity (Wildman–Crippen MR) is 82.4 cm³/mol. The van der Waals surface area contributed by atoms with Crippen molar-refractivity contribution in [3.8, 4) is 0 Å². The smallest absolute Gasteiger partial charge is 0.324 e. The van der Waals surface area contributed by atoms with Crippen LogP contribution in [-0.2, 0) is 29.2 Å². The first-order chi connectivity index (χ1) is 11.0. The summed E-state index contributed by atoms with van der Waals surface area (Å²) in [5.41, 5.74) is -0.0260. The van der Waals surface area contributed by atoms with Gasteiger partial charge in [-0.3, -0.25) is 13.9 Å². The molecule has 1 unspecified atom stereocenters. The van der Waals surface area contributed by atoms with Crippen molar-refractivity contribution in [3.05, 3.63) is 27.2 Å². The Balaban J connectivity index is 1.94. The molecule has 1 N–H and O–H groups in total. The summed E-state index contributed by atoms with van der Waals surface area (Å²) in [7, 11) is -1.09. The minimum atomic E-state index is -2.67. The summed E-state index contributed by atoms with van der Waals surface area (Å²) in [5.74, 6) is 0.576. The highest BCUT2D eigenvalue weighted by atomic mass is 31.1. The van der Waals surface area contributed by atoms with Gasteiger partial charge in [0, 0.05) is 24.7 Å². The van der Waals surface area contributed by atoms with E-state index >= 15 is 0 Å². The van der Waals surface area contributed by atoms with Crippen LogP contribution in [0.3, 0.4) is 0 Å². The summed E-state index contributed by atoms with van der Waals surface area (Å²) in [5, 5.41) is 0. The zero-order valence-electron chi connectivity index (χ0n) is 12.7. The van der Waals surface area contributed by atoms with Gasteiger partial charge in [0.05, 0.1) is 6.33 Å². The number of fused-ring (bicyclic) bond motifs is 1. The molecule has 10 heteroatoms. The van der Waals surface area contributed by atoms with E-state index < -0.39 is 13.9 Å². The van der Waals surface area contributed by atoms with Crippen LogP contribution in [0.25, 0.3) is 11.2 Å². The fourth-order valence-electron chi connectivity index (χ4n) is 2.60.